The zero-order valence-electron chi connectivity index (χ0n) is 19.4. The predicted molar refractivity (Wildman–Crippen MR) is 129 cm³/mol. The van der Waals surface area contributed by atoms with Crippen LogP contribution in [0.5, 0.6) is 0 Å². The Bertz CT molecular complexity index is 511. The molecule has 1 rings (SSSR count). The summed E-state index contributed by atoms with van der Waals surface area (Å²) >= 11 is 0. The average Bonchev–Trinajstić information content (AvgIpc) is 2.57. The van der Waals surface area contributed by atoms with Crippen molar-refractivity contribution in [2.24, 2.45) is 10.9 Å². The van der Waals surface area contributed by atoms with Crippen molar-refractivity contribution < 1.29 is 14.3 Å². The number of rotatable bonds is 7. The molecule has 1 amide bonds. The van der Waals surface area contributed by atoms with Crippen LogP contribution in [0.25, 0.3) is 0 Å². The molecule has 0 saturated carbocycles. The number of carbonyl (C=O) groups excluding carboxylic acids is 1. The summed E-state index contributed by atoms with van der Waals surface area (Å²) < 4.78 is 11.2. The number of alkyl carbamates (subject to hydrolysis) is 1. The Morgan fingerprint density at radius 1 is 1.38 bits per heavy atom. The molecule has 8 nitrogen and oxygen atoms in total. The van der Waals surface area contributed by atoms with E-state index in [9.17, 15) is 4.79 Å². The van der Waals surface area contributed by atoms with Gasteiger partial charge in [0.05, 0.1) is 12.7 Å². The highest BCUT2D eigenvalue weighted by Gasteiger charge is 2.22. The van der Waals surface area contributed by atoms with Crippen molar-refractivity contribution in [2.75, 3.05) is 53.9 Å². The molecule has 172 valence electrons. The van der Waals surface area contributed by atoms with Crippen molar-refractivity contribution >= 4 is 36.0 Å². The summed E-state index contributed by atoms with van der Waals surface area (Å²) in [4.78, 5) is 20.8. The van der Waals surface area contributed by atoms with Gasteiger partial charge in [-0.1, -0.05) is 13.8 Å². The first-order chi connectivity index (χ1) is 13.0. The Balaban J connectivity index is 0.00000784. The van der Waals surface area contributed by atoms with Crippen LogP contribution in [-0.4, -0.2) is 93.5 Å². The second kappa shape index (κ2) is 13.5. The van der Waals surface area contributed by atoms with Crippen LogP contribution >= 0.6 is 24.0 Å². The lowest BCUT2D eigenvalue weighted by Crippen LogP contribution is -2.49. The molecule has 1 fully saturated rings. The number of halogens is 1. The Kier molecular flexibility index (Phi) is 13.1. The van der Waals surface area contributed by atoms with E-state index in [4.69, 9.17) is 9.47 Å². The molecule has 0 radical (unpaired) electrons. The van der Waals surface area contributed by atoms with E-state index in [0.717, 1.165) is 45.2 Å². The van der Waals surface area contributed by atoms with Crippen molar-refractivity contribution in [3.63, 3.8) is 0 Å². The molecule has 9 heteroatoms. The number of likely N-dealkylation sites (N-methyl/N-ethyl adjacent to an activating group) is 1. The molecule has 0 aromatic rings. The largest absolute Gasteiger partial charge is 0.444 e. The lowest BCUT2D eigenvalue weighted by atomic mass is 10.0. The smallest absolute Gasteiger partial charge is 0.407 e. The minimum atomic E-state index is -0.496. The van der Waals surface area contributed by atoms with Gasteiger partial charge in [0.15, 0.2) is 5.96 Å². The summed E-state index contributed by atoms with van der Waals surface area (Å²) in [5.41, 5.74) is -0.496. The average molecular weight is 527 g/mol. The van der Waals surface area contributed by atoms with E-state index in [1.807, 2.05) is 27.8 Å². The van der Waals surface area contributed by atoms with Crippen LogP contribution in [0.4, 0.5) is 4.79 Å². The number of hydrogen-bond acceptors (Lipinski definition) is 5. The first-order valence-corrected chi connectivity index (χ1v) is 10.2. The highest BCUT2D eigenvalue weighted by Crippen LogP contribution is 2.11. The van der Waals surface area contributed by atoms with E-state index in [1.54, 1.807) is 7.05 Å². The number of ether oxygens (including phenoxy) is 2. The molecule has 1 heterocycles. The van der Waals surface area contributed by atoms with Crippen LogP contribution < -0.4 is 10.6 Å². The summed E-state index contributed by atoms with van der Waals surface area (Å²) in [5, 5.41) is 6.40. The fourth-order valence-electron chi connectivity index (χ4n) is 3.05. The minimum absolute atomic E-state index is 0. The van der Waals surface area contributed by atoms with Crippen LogP contribution in [0.2, 0.25) is 0 Å². The standard InChI is InChI=1S/C20H41N5O3.HI/c1-15(2)17(23-19(26)28-20(3,4)5)9-10-25(8)18(21-6)22-13-16-14-24(7)11-12-27-16;/h15-17H,9-14H2,1-8H3,(H,21,22)(H,23,26);1H. The lowest BCUT2D eigenvalue weighted by molar-refractivity contribution is -0.0163. The van der Waals surface area contributed by atoms with Crippen molar-refractivity contribution in [2.45, 2.75) is 58.8 Å². The molecule has 0 aromatic carbocycles. The van der Waals surface area contributed by atoms with E-state index in [-0.39, 0.29) is 42.2 Å². The number of nitrogens with one attached hydrogen (secondary N) is 2. The van der Waals surface area contributed by atoms with E-state index in [1.165, 1.54) is 0 Å². The Morgan fingerprint density at radius 2 is 2.03 bits per heavy atom. The van der Waals surface area contributed by atoms with Crippen molar-refractivity contribution in [1.82, 2.24) is 20.4 Å². The van der Waals surface area contributed by atoms with Crippen LogP contribution in [0, 0.1) is 5.92 Å². The summed E-state index contributed by atoms with van der Waals surface area (Å²) in [7, 11) is 5.90. The maximum absolute atomic E-state index is 12.1. The fraction of sp³-hybridized carbons (Fsp3) is 0.900. The van der Waals surface area contributed by atoms with Crippen LogP contribution in [0.1, 0.15) is 41.0 Å². The lowest BCUT2D eigenvalue weighted by Gasteiger charge is -2.32. The molecule has 29 heavy (non-hydrogen) atoms. The van der Waals surface area contributed by atoms with Gasteiger partial charge >= 0.3 is 6.09 Å². The maximum Gasteiger partial charge on any atom is 0.407 e. The van der Waals surface area contributed by atoms with Gasteiger partial charge in [-0.2, -0.15) is 0 Å². The van der Waals surface area contributed by atoms with E-state index < -0.39 is 5.60 Å². The summed E-state index contributed by atoms with van der Waals surface area (Å²) in [6, 6.07) is 0.0331. The quantitative estimate of drug-likeness (QED) is 0.301. The van der Waals surface area contributed by atoms with Gasteiger partial charge in [0.25, 0.3) is 0 Å². The fourth-order valence-corrected chi connectivity index (χ4v) is 3.05. The Morgan fingerprint density at radius 3 is 2.55 bits per heavy atom. The van der Waals surface area contributed by atoms with E-state index >= 15 is 0 Å². The third-order valence-electron chi connectivity index (χ3n) is 4.69. The highest BCUT2D eigenvalue weighted by molar-refractivity contribution is 14.0. The van der Waals surface area contributed by atoms with Crippen molar-refractivity contribution in [3.05, 3.63) is 0 Å². The van der Waals surface area contributed by atoms with Crippen molar-refractivity contribution in [1.29, 1.82) is 0 Å². The molecular formula is C20H42IN5O3. The molecule has 1 saturated heterocycles. The summed E-state index contributed by atoms with van der Waals surface area (Å²) in [5.74, 6) is 1.14. The predicted octanol–water partition coefficient (Wildman–Crippen LogP) is 2.38. The topological polar surface area (TPSA) is 78.4 Å². The number of amides is 1. The van der Waals surface area contributed by atoms with Gasteiger partial charge in [-0.3, -0.25) is 4.99 Å². The summed E-state index contributed by atoms with van der Waals surface area (Å²) in [6.07, 6.45) is 0.604. The molecule has 2 unspecified atom stereocenters. The molecule has 0 aromatic heterocycles. The molecule has 2 N–H and O–H groups in total. The maximum atomic E-state index is 12.1. The van der Waals surface area contributed by atoms with Gasteiger partial charge in [-0.15, -0.1) is 24.0 Å². The third-order valence-corrected chi connectivity index (χ3v) is 4.69. The van der Waals surface area contributed by atoms with E-state index in [0.29, 0.717) is 5.92 Å². The van der Waals surface area contributed by atoms with E-state index in [2.05, 4.69) is 46.3 Å². The number of hydrogen-bond donors (Lipinski definition) is 2. The molecule has 1 aliphatic heterocycles. The van der Waals surface area contributed by atoms with Gasteiger partial charge in [-0.25, -0.2) is 4.79 Å². The Labute approximate surface area is 194 Å². The number of morpholine rings is 1. The van der Waals surface area contributed by atoms with Crippen molar-refractivity contribution in [3.8, 4) is 0 Å². The van der Waals surface area contributed by atoms with Gasteiger partial charge < -0.3 is 29.9 Å². The second-order valence-corrected chi connectivity index (χ2v) is 8.89. The van der Waals surface area contributed by atoms with Crippen LogP contribution in [0.15, 0.2) is 4.99 Å². The zero-order valence-corrected chi connectivity index (χ0v) is 21.8. The van der Waals surface area contributed by atoms with Crippen LogP contribution in [-0.2, 0) is 9.47 Å². The normalized spacial score (nSPS) is 19.3. The highest BCUT2D eigenvalue weighted by atomic mass is 127. The summed E-state index contributed by atoms with van der Waals surface area (Å²) in [6.45, 7) is 14.0. The van der Waals surface area contributed by atoms with Gasteiger partial charge in [0.1, 0.15) is 5.60 Å². The third kappa shape index (κ3) is 11.8. The van der Waals surface area contributed by atoms with Gasteiger partial charge in [0, 0.05) is 46.3 Å². The first kappa shape index (κ1) is 28.2. The number of aliphatic imine (C=N–C) groups is 1. The number of carbonyl (C=O) groups is 1. The molecular weight excluding hydrogens is 485 g/mol. The molecule has 0 aliphatic carbocycles. The van der Waals surface area contributed by atoms with Gasteiger partial charge in [-0.05, 0) is 40.2 Å². The first-order valence-electron chi connectivity index (χ1n) is 10.2. The Hall–Kier alpha value is -0.810. The molecule has 2 atom stereocenters. The second-order valence-electron chi connectivity index (χ2n) is 8.89. The SMILES string of the molecule is CN=C(NCC1CN(C)CCO1)N(C)CCC(NC(=O)OC(C)(C)C)C(C)C.I. The molecule has 0 bridgehead atoms. The molecule has 0 spiro atoms. The number of guanidine groups is 1. The number of nitrogens with zero attached hydrogens (tertiary/aromatic N) is 3. The minimum Gasteiger partial charge on any atom is -0.444 e. The zero-order chi connectivity index (χ0) is 21.3. The molecule has 1 aliphatic rings. The monoisotopic (exact) mass is 527 g/mol. The van der Waals surface area contributed by atoms with Crippen LogP contribution in [0.3, 0.4) is 0 Å². The van der Waals surface area contributed by atoms with Gasteiger partial charge in [0.2, 0.25) is 0 Å².